The Morgan fingerprint density at radius 1 is 1.50 bits per heavy atom. The third-order valence-electron chi connectivity index (χ3n) is 2.29. The number of nitrogens with zero attached hydrogens (tertiary/aromatic N) is 3. The Bertz CT molecular complexity index is 571. The van der Waals surface area contributed by atoms with Gasteiger partial charge in [-0.2, -0.15) is 11.8 Å². The first kappa shape index (κ1) is 14.7. The number of carbonyl (C=O) groups is 1. The van der Waals surface area contributed by atoms with Crippen LogP contribution in [0.25, 0.3) is 10.6 Å². The lowest BCUT2D eigenvalue weighted by Crippen LogP contribution is -2.12. The van der Waals surface area contributed by atoms with E-state index in [9.17, 15) is 4.79 Å². The quantitative estimate of drug-likeness (QED) is 0.629. The van der Waals surface area contributed by atoms with Gasteiger partial charge < -0.3 is 5.32 Å². The molecule has 20 heavy (non-hydrogen) atoms. The standard InChI is InChI=1S/C13H14N4OS2/c1-2-7-19-8-5-11(18)15-13-17-16-12(20-13)10-4-3-6-14-9-10/h2-4,6,9H,1,5,7-8H2,(H,15,17,18). The molecule has 0 aliphatic heterocycles. The van der Waals surface area contributed by atoms with E-state index in [1.807, 2.05) is 18.2 Å². The molecule has 0 atom stereocenters. The van der Waals surface area contributed by atoms with Gasteiger partial charge in [0, 0.05) is 35.9 Å². The molecule has 7 heteroatoms. The molecule has 0 unspecified atom stereocenters. The monoisotopic (exact) mass is 306 g/mol. The molecule has 0 aromatic carbocycles. The van der Waals surface area contributed by atoms with Crippen molar-refractivity contribution in [3.8, 4) is 10.6 Å². The summed E-state index contributed by atoms with van der Waals surface area (Å²) in [6.07, 6.45) is 5.71. The molecule has 1 N–H and O–H groups in total. The molecule has 2 heterocycles. The second kappa shape index (κ2) is 7.76. The largest absolute Gasteiger partial charge is 0.300 e. The van der Waals surface area contributed by atoms with Crippen molar-refractivity contribution < 1.29 is 4.79 Å². The topological polar surface area (TPSA) is 67.8 Å². The number of hydrogen-bond acceptors (Lipinski definition) is 6. The second-order valence-corrected chi connectivity index (χ2v) is 5.94. The highest BCUT2D eigenvalue weighted by Gasteiger charge is 2.09. The van der Waals surface area contributed by atoms with Crippen LogP contribution in [0.1, 0.15) is 6.42 Å². The molecule has 5 nitrogen and oxygen atoms in total. The van der Waals surface area contributed by atoms with E-state index in [2.05, 4.69) is 27.1 Å². The maximum absolute atomic E-state index is 11.7. The van der Waals surface area contributed by atoms with Crippen molar-refractivity contribution in [3.05, 3.63) is 37.2 Å². The molecule has 0 radical (unpaired) electrons. The van der Waals surface area contributed by atoms with Gasteiger partial charge >= 0.3 is 0 Å². The Hall–Kier alpha value is -1.73. The van der Waals surface area contributed by atoms with Crippen LogP contribution in [0.3, 0.4) is 0 Å². The first-order valence-corrected chi connectivity index (χ1v) is 7.99. The molecule has 2 rings (SSSR count). The fourth-order valence-corrected chi connectivity index (χ4v) is 2.81. The van der Waals surface area contributed by atoms with Crippen LogP contribution in [0.2, 0.25) is 0 Å². The SMILES string of the molecule is C=CCSCCC(=O)Nc1nnc(-c2cccnc2)s1. The number of amides is 1. The zero-order chi connectivity index (χ0) is 14.2. The number of nitrogens with one attached hydrogen (secondary N) is 1. The van der Waals surface area contributed by atoms with Gasteiger partial charge in [0.15, 0.2) is 5.01 Å². The summed E-state index contributed by atoms with van der Waals surface area (Å²) in [5, 5.41) is 12.0. The smallest absolute Gasteiger partial charge is 0.227 e. The van der Waals surface area contributed by atoms with Gasteiger partial charge in [-0.3, -0.25) is 9.78 Å². The molecule has 104 valence electrons. The summed E-state index contributed by atoms with van der Waals surface area (Å²) in [7, 11) is 0. The minimum Gasteiger partial charge on any atom is -0.300 e. The number of thioether (sulfide) groups is 1. The Kier molecular flexibility index (Phi) is 5.69. The van der Waals surface area contributed by atoms with E-state index < -0.39 is 0 Å². The molecule has 0 aliphatic rings. The van der Waals surface area contributed by atoms with E-state index in [1.165, 1.54) is 11.3 Å². The zero-order valence-corrected chi connectivity index (χ0v) is 12.4. The van der Waals surface area contributed by atoms with E-state index in [-0.39, 0.29) is 5.91 Å². The highest BCUT2D eigenvalue weighted by atomic mass is 32.2. The van der Waals surface area contributed by atoms with Crippen LogP contribution in [-0.2, 0) is 4.79 Å². The minimum atomic E-state index is -0.0459. The Morgan fingerprint density at radius 3 is 3.15 bits per heavy atom. The van der Waals surface area contributed by atoms with E-state index in [0.29, 0.717) is 11.6 Å². The Balaban J connectivity index is 1.87. The molecule has 0 bridgehead atoms. The van der Waals surface area contributed by atoms with Crippen molar-refractivity contribution in [1.29, 1.82) is 0 Å². The van der Waals surface area contributed by atoms with Crippen LogP contribution in [-0.4, -0.2) is 32.6 Å². The van der Waals surface area contributed by atoms with Crippen LogP contribution in [0.5, 0.6) is 0 Å². The van der Waals surface area contributed by atoms with E-state index >= 15 is 0 Å². The summed E-state index contributed by atoms with van der Waals surface area (Å²) in [6, 6.07) is 3.75. The third kappa shape index (κ3) is 4.43. The fraction of sp³-hybridized carbons (Fsp3) is 0.231. The summed E-state index contributed by atoms with van der Waals surface area (Å²) >= 11 is 3.02. The van der Waals surface area contributed by atoms with E-state index in [1.54, 1.807) is 24.2 Å². The normalized spacial score (nSPS) is 10.2. The molecule has 1 amide bonds. The van der Waals surface area contributed by atoms with Crippen LogP contribution in [0.4, 0.5) is 5.13 Å². The predicted molar refractivity (Wildman–Crippen MR) is 83.9 cm³/mol. The van der Waals surface area contributed by atoms with Crippen LogP contribution in [0.15, 0.2) is 37.2 Å². The average Bonchev–Trinajstić information content (AvgIpc) is 2.93. The number of hydrogen-bond donors (Lipinski definition) is 1. The number of aromatic nitrogens is 3. The van der Waals surface area contributed by atoms with Gasteiger partial charge in [0.2, 0.25) is 11.0 Å². The zero-order valence-electron chi connectivity index (χ0n) is 10.8. The molecule has 0 fully saturated rings. The highest BCUT2D eigenvalue weighted by Crippen LogP contribution is 2.25. The van der Waals surface area contributed by atoms with Gasteiger partial charge in [-0.05, 0) is 12.1 Å². The lowest BCUT2D eigenvalue weighted by molar-refractivity contribution is -0.115. The van der Waals surface area contributed by atoms with Crippen molar-refractivity contribution in [1.82, 2.24) is 15.2 Å². The first-order chi connectivity index (χ1) is 9.79. The van der Waals surface area contributed by atoms with Gasteiger partial charge in [0.1, 0.15) is 0 Å². The number of carbonyl (C=O) groups excluding carboxylic acids is 1. The summed E-state index contributed by atoms with van der Waals surface area (Å²) in [5.41, 5.74) is 0.895. The summed E-state index contributed by atoms with van der Waals surface area (Å²) in [6.45, 7) is 3.63. The molecule has 2 aromatic heterocycles. The maximum Gasteiger partial charge on any atom is 0.227 e. The predicted octanol–water partition coefficient (Wildman–Crippen LogP) is 2.85. The van der Waals surface area contributed by atoms with Gasteiger partial charge in [0.05, 0.1) is 0 Å². The van der Waals surface area contributed by atoms with Gasteiger partial charge in [-0.1, -0.05) is 17.4 Å². The fourth-order valence-electron chi connectivity index (χ4n) is 1.39. The van der Waals surface area contributed by atoms with Crippen LogP contribution < -0.4 is 5.32 Å². The molecule has 2 aromatic rings. The number of rotatable bonds is 7. The summed E-state index contributed by atoms with van der Waals surface area (Å²) < 4.78 is 0. The van der Waals surface area contributed by atoms with E-state index in [0.717, 1.165) is 22.1 Å². The van der Waals surface area contributed by atoms with Gasteiger partial charge in [-0.25, -0.2) is 0 Å². The Labute approximate surface area is 125 Å². The van der Waals surface area contributed by atoms with Gasteiger partial charge in [-0.15, -0.1) is 16.8 Å². The van der Waals surface area contributed by atoms with Crippen LogP contribution in [0, 0.1) is 0 Å². The number of anilines is 1. The van der Waals surface area contributed by atoms with Crippen molar-refractivity contribution in [3.63, 3.8) is 0 Å². The molecule has 0 aliphatic carbocycles. The lowest BCUT2D eigenvalue weighted by Gasteiger charge is -1.99. The number of pyridine rings is 1. The van der Waals surface area contributed by atoms with Crippen molar-refractivity contribution in [2.45, 2.75) is 6.42 Å². The molecule has 0 saturated carbocycles. The maximum atomic E-state index is 11.7. The highest BCUT2D eigenvalue weighted by molar-refractivity contribution is 7.99. The van der Waals surface area contributed by atoms with Crippen molar-refractivity contribution in [2.24, 2.45) is 0 Å². The second-order valence-electron chi connectivity index (χ2n) is 3.82. The molecule has 0 spiro atoms. The van der Waals surface area contributed by atoms with Crippen LogP contribution >= 0.6 is 23.1 Å². The first-order valence-electron chi connectivity index (χ1n) is 6.02. The average molecular weight is 306 g/mol. The Morgan fingerprint density at radius 2 is 2.40 bits per heavy atom. The summed E-state index contributed by atoms with van der Waals surface area (Å²) in [4.78, 5) is 15.7. The third-order valence-corrected chi connectivity index (χ3v) is 4.14. The van der Waals surface area contributed by atoms with Crippen molar-refractivity contribution >= 4 is 34.1 Å². The minimum absolute atomic E-state index is 0.0459. The molecular formula is C13H14N4OS2. The summed E-state index contributed by atoms with van der Waals surface area (Å²) in [5.74, 6) is 1.58. The van der Waals surface area contributed by atoms with Crippen molar-refractivity contribution in [2.75, 3.05) is 16.8 Å². The molecular weight excluding hydrogens is 292 g/mol. The lowest BCUT2D eigenvalue weighted by atomic mass is 10.3. The van der Waals surface area contributed by atoms with E-state index in [4.69, 9.17) is 0 Å². The molecule has 0 saturated heterocycles. The van der Waals surface area contributed by atoms with Gasteiger partial charge in [0.25, 0.3) is 0 Å².